The molecule has 0 spiro atoms. The second kappa shape index (κ2) is 6.67. The maximum absolute atomic E-state index is 12.0. The molecule has 2 amide bonds. The van der Waals surface area contributed by atoms with Crippen LogP contribution in [0.15, 0.2) is 47.4 Å². The zero-order chi connectivity index (χ0) is 19.9. The summed E-state index contributed by atoms with van der Waals surface area (Å²) in [6.07, 6.45) is -1.10. The Kier molecular flexibility index (Phi) is 4.66. The summed E-state index contributed by atoms with van der Waals surface area (Å²) in [7, 11) is -3.79. The fourth-order valence-corrected chi connectivity index (χ4v) is 3.82. The van der Waals surface area contributed by atoms with Gasteiger partial charge in [0, 0.05) is 13.5 Å². The van der Waals surface area contributed by atoms with Crippen LogP contribution in [0.3, 0.4) is 0 Å². The third-order valence-electron chi connectivity index (χ3n) is 4.50. The highest BCUT2D eigenvalue weighted by Gasteiger charge is 2.33. The van der Waals surface area contributed by atoms with Crippen LogP contribution in [-0.4, -0.2) is 38.1 Å². The van der Waals surface area contributed by atoms with Crippen molar-refractivity contribution in [2.24, 2.45) is 5.14 Å². The van der Waals surface area contributed by atoms with Crippen LogP contribution in [-0.2, 0) is 14.8 Å². The van der Waals surface area contributed by atoms with Crippen molar-refractivity contribution < 1.29 is 23.1 Å². The average molecular weight is 389 g/mol. The number of nitrogens with zero attached hydrogens (tertiary/aromatic N) is 2. The number of primary sulfonamides is 1. The van der Waals surface area contributed by atoms with E-state index in [0.717, 1.165) is 0 Å². The highest BCUT2D eigenvalue weighted by atomic mass is 32.2. The maximum atomic E-state index is 12.0. The lowest BCUT2D eigenvalue weighted by molar-refractivity contribution is -0.117. The van der Waals surface area contributed by atoms with Gasteiger partial charge in [-0.15, -0.1) is 0 Å². The molecule has 9 heteroatoms. The molecule has 0 saturated heterocycles. The molecule has 3 rings (SSSR count). The first-order valence-electron chi connectivity index (χ1n) is 8.17. The van der Waals surface area contributed by atoms with E-state index in [9.17, 15) is 23.1 Å². The number of anilines is 2. The normalized spacial score (nSPS) is 16.8. The van der Waals surface area contributed by atoms with Gasteiger partial charge in [-0.05, 0) is 42.3 Å². The van der Waals surface area contributed by atoms with E-state index in [1.807, 2.05) is 0 Å². The van der Waals surface area contributed by atoms with E-state index in [4.69, 9.17) is 5.14 Å². The molecule has 3 N–H and O–H groups in total. The standard InChI is InChI=1S/C18H19N3O5S/c1-11-10-20(18(23)24)17-9-14(5-8-16(17)21(11)12(2)22)13-3-6-15(7-4-13)27(19,25)26/h3-9,11H,10H2,1-2H3,(H,23,24)(H2,19,25,26)/t11-/m0/s1. The van der Waals surface area contributed by atoms with Gasteiger partial charge < -0.3 is 10.0 Å². The predicted octanol–water partition coefficient (Wildman–Crippen LogP) is 2.24. The molecular formula is C18H19N3O5S. The Labute approximate surface area is 156 Å². The lowest BCUT2D eigenvalue weighted by Gasteiger charge is -2.39. The van der Waals surface area contributed by atoms with Gasteiger partial charge >= 0.3 is 6.09 Å². The molecule has 1 heterocycles. The van der Waals surface area contributed by atoms with Gasteiger partial charge in [-0.2, -0.15) is 0 Å². The largest absolute Gasteiger partial charge is 0.465 e. The Bertz CT molecular complexity index is 1020. The molecule has 1 atom stereocenters. The zero-order valence-electron chi connectivity index (χ0n) is 14.8. The van der Waals surface area contributed by atoms with Crippen molar-refractivity contribution in [3.05, 3.63) is 42.5 Å². The lowest BCUT2D eigenvalue weighted by Crippen LogP contribution is -2.51. The van der Waals surface area contributed by atoms with E-state index >= 15 is 0 Å². The number of fused-ring (bicyclic) bond motifs is 1. The zero-order valence-corrected chi connectivity index (χ0v) is 15.6. The first kappa shape index (κ1) is 18.9. The second-order valence-electron chi connectivity index (χ2n) is 6.40. The van der Waals surface area contributed by atoms with Gasteiger partial charge in [0.05, 0.1) is 22.3 Å². The van der Waals surface area contributed by atoms with E-state index in [0.29, 0.717) is 22.5 Å². The van der Waals surface area contributed by atoms with Crippen molar-refractivity contribution in [2.45, 2.75) is 24.8 Å². The summed E-state index contributed by atoms with van der Waals surface area (Å²) < 4.78 is 22.8. The summed E-state index contributed by atoms with van der Waals surface area (Å²) in [5.41, 5.74) is 2.32. The molecule has 2 aromatic rings. The van der Waals surface area contributed by atoms with Gasteiger partial charge in [0.25, 0.3) is 0 Å². The quantitative estimate of drug-likeness (QED) is 0.816. The van der Waals surface area contributed by atoms with Crippen LogP contribution in [0, 0.1) is 0 Å². The number of benzene rings is 2. The molecule has 0 aromatic heterocycles. The van der Waals surface area contributed by atoms with Crippen LogP contribution in [0.5, 0.6) is 0 Å². The number of hydrogen-bond donors (Lipinski definition) is 2. The molecule has 8 nitrogen and oxygen atoms in total. The monoisotopic (exact) mass is 389 g/mol. The number of carbonyl (C=O) groups excluding carboxylic acids is 1. The number of carboxylic acid groups (broad SMARTS) is 1. The minimum absolute atomic E-state index is 0.00653. The van der Waals surface area contributed by atoms with Gasteiger partial charge in [-0.25, -0.2) is 18.4 Å². The molecular weight excluding hydrogens is 370 g/mol. The van der Waals surface area contributed by atoms with Gasteiger partial charge in [0.1, 0.15) is 0 Å². The number of nitrogens with two attached hydrogens (primary N) is 1. The van der Waals surface area contributed by atoms with Gasteiger partial charge in [-0.3, -0.25) is 9.69 Å². The van der Waals surface area contributed by atoms with Crippen LogP contribution in [0.25, 0.3) is 11.1 Å². The van der Waals surface area contributed by atoms with E-state index in [-0.39, 0.29) is 23.4 Å². The summed E-state index contributed by atoms with van der Waals surface area (Å²) in [4.78, 5) is 26.5. The van der Waals surface area contributed by atoms with Crippen LogP contribution in [0.2, 0.25) is 0 Å². The molecule has 0 saturated carbocycles. The summed E-state index contributed by atoms with van der Waals surface area (Å²) in [6.45, 7) is 3.40. The van der Waals surface area contributed by atoms with E-state index < -0.39 is 16.1 Å². The molecule has 0 radical (unpaired) electrons. The van der Waals surface area contributed by atoms with Gasteiger partial charge in [0.15, 0.2) is 0 Å². The summed E-state index contributed by atoms with van der Waals surface area (Å²) >= 11 is 0. The minimum atomic E-state index is -3.79. The lowest BCUT2D eigenvalue weighted by atomic mass is 10.0. The Hall–Kier alpha value is -2.91. The number of hydrogen-bond acceptors (Lipinski definition) is 4. The van der Waals surface area contributed by atoms with Crippen molar-refractivity contribution in [1.82, 2.24) is 0 Å². The van der Waals surface area contributed by atoms with Crippen molar-refractivity contribution >= 4 is 33.4 Å². The molecule has 0 aliphatic carbocycles. The molecule has 1 aliphatic rings. The van der Waals surface area contributed by atoms with Gasteiger partial charge in [-0.1, -0.05) is 18.2 Å². The predicted molar refractivity (Wildman–Crippen MR) is 101 cm³/mol. The van der Waals surface area contributed by atoms with Crippen molar-refractivity contribution in [3.8, 4) is 11.1 Å². The van der Waals surface area contributed by atoms with Crippen molar-refractivity contribution in [3.63, 3.8) is 0 Å². The average Bonchev–Trinajstić information content (AvgIpc) is 2.59. The first-order valence-corrected chi connectivity index (χ1v) is 9.72. The fourth-order valence-electron chi connectivity index (χ4n) is 3.30. The smallest absolute Gasteiger partial charge is 0.411 e. The van der Waals surface area contributed by atoms with E-state index in [1.165, 1.54) is 24.0 Å². The van der Waals surface area contributed by atoms with Crippen LogP contribution in [0.4, 0.5) is 16.2 Å². The van der Waals surface area contributed by atoms with Gasteiger partial charge in [0.2, 0.25) is 15.9 Å². The molecule has 27 heavy (non-hydrogen) atoms. The van der Waals surface area contributed by atoms with E-state index in [2.05, 4.69) is 0 Å². The summed E-state index contributed by atoms with van der Waals surface area (Å²) in [6, 6.07) is 10.8. The molecule has 0 fully saturated rings. The Balaban J connectivity index is 2.10. The second-order valence-corrected chi connectivity index (χ2v) is 7.97. The van der Waals surface area contributed by atoms with Crippen LogP contribution in [0.1, 0.15) is 13.8 Å². The molecule has 142 valence electrons. The Morgan fingerprint density at radius 2 is 1.67 bits per heavy atom. The minimum Gasteiger partial charge on any atom is -0.465 e. The highest BCUT2D eigenvalue weighted by molar-refractivity contribution is 7.89. The Morgan fingerprint density at radius 3 is 2.19 bits per heavy atom. The number of carbonyl (C=O) groups is 2. The summed E-state index contributed by atoms with van der Waals surface area (Å²) in [5.74, 6) is -0.168. The van der Waals surface area contributed by atoms with Crippen molar-refractivity contribution in [1.29, 1.82) is 0 Å². The SMILES string of the molecule is CC(=O)N1c2ccc(-c3ccc(S(N)(=O)=O)cc3)cc2N(C(=O)O)C[C@@H]1C. The molecule has 1 aliphatic heterocycles. The van der Waals surface area contributed by atoms with Crippen LogP contribution < -0.4 is 14.9 Å². The number of amides is 2. The van der Waals surface area contributed by atoms with E-state index in [1.54, 1.807) is 42.2 Å². The maximum Gasteiger partial charge on any atom is 0.411 e. The van der Waals surface area contributed by atoms with Crippen molar-refractivity contribution in [2.75, 3.05) is 16.3 Å². The fraction of sp³-hybridized carbons (Fsp3) is 0.222. The molecule has 2 aromatic carbocycles. The topological polar surface area (TPSA) is 121 Å². The Morgan fingerprint density at radius 1 is 1.07 bits per heavy atom. The first-order chi connectivity index (χ1) is 12.6. The highest BCUT2D eigenvalue weighted by Crippen LogP contribution is 2.39. The van der Waals surface area contributed by atoms with Crippen LogP contribution >= 0.6 is 0 Å². The number of sulfonamides is 1. The third-order valence-corrected chi connectivity index (χ3v) is 5.43. The number of rotatable bonds is 2. The third kappa shape index (κ3) is 3.51. The summed E-state index contributed by atoms with van der Waals surface area (Å²) in [5, 5.41) is 14.7. The molecule has 0 unspecified atom stereocenters. The molecule has 0 bridgehead atoms.